The van der Waals surface area contributed by atoms with Gasteiger partial charge in [-0.1, -0.05) is 13.8 Å². The molecule has 1 heterocycles. The van der Waals surface area contributed by atoms with Crippen LogP contribution in [-0.4, -0.2) is 36.6 Å². The second-order valence-electron chi connectivity index (χ2n) is 4.24. The van der Waals surface area contributed by atoms with Gasteiger partial charge in [0.2, 0.25) is 0 Å². The van der Waals surface area contributed by atoms with Gasteiger partial charge in [0.05, 0.1) is 10.7 Å². The van der Waals surface area contributed by atoms with Crippen molar-refractivity contribution >= 4 is 23.7 Å². The van der Waals surface area contributed by atoms with E-state index < -0.39 is 0 Å². The monoisotopic (exact) mass is 277 g/mol. The number of hydrogen-bond acceptors (Lipinski definition) is 4. The van der Waals surface area contributed by atoms with Gasteiger partial charge in [0, 0.05) is 24.5 Å². The average molecular weight is 278 g/mol. The topological polar surface area (TPSA) is 28.2 Å². The van der Waals surface area contributed by atoms with Crippen molar-refractivity contribution in [2.75, 3.05) is 20.6 Å². The summed E-state index contributed by atoms with van der Waals surface area (Å²) in [6.45, 7) is 6.29. The molecule has 100 valence electrons. The summed E-state index contributed by atoms with van der Waals surface area (Å²) in [6.07, 6.45) is 2.22. The first-order valence-electron chi connectivity index (χ1n) is 5.97. The first-order chi connectivity index (χ1) is 7.67. The van der Waals surface area contributed by atoms with Gasteiger partial charge in [-0.15, -0.1) is 23.7 Å². The fourth-order valence-corrected chi connectivity index (χ4v) is 2.40. The van der Waals surface area contributed by atoms with E-state index >= 15 is 0 Å². The zero-order valence-electron chi connectivity index (χ0n) is 11.2. The van der Waals surface area contributed by atoms with Crippen LogP contribution in [0.3, 0.4) is 0 Å². The summed E-state index contributed by atoms with van der Waals surface area (Å²) in [6, 6.07) is 0.615. The molecule has 1 aromatic heterocycles. The Bertz CT molecular complexity index is 302. The average Bonchev–Trinajstić information content (AvgIpc) is 2.71. The van der Waals surface area contributed by atoms with Crippen LogP contribution < -0.4 is 5.32 Å². The Balaban J connectivity index is 0.00000256. The molecule has 3 nitrogen and oxygen atoms in total. The number of nitrogens with zero attached hydrogens (tertiary/aromatic N) is 2. The van der Waals surface area contributed by atoms with Crippen molar-refractivity contribution in [3.05, 3.63) is 16.1 Å². The molecule has 0 spiro atoms. The quantitative estimate of drug-likeness (QED) is 0.830. The Morgan fingerprint density at radius 3 is 2.59 bits per heavy atom. The van der Waals surface area contributed by atoms with Crippen LogP contribution in [0, 0.1) is 0 Å². The number of halogens is 1. The molecule has 0 saturated heterocycles. The third-order valence-electron chi connectivity index (χ3n) is 2.79. The predicted octanol–water partition coefficient (Wildman–Crippen LogP) is 2.56. The van der Waals surface area contributed by atoms with E-state index in [9.17, 15) is 0 Å². The van der Waals surface area contributed by atoms with E-state index in [1.54, 1.807) is 11.3 Å². The smallest absolute Gasteiger partial charge is 0.0926 e. The first-order valence-corrected chi connectivity index (χ1v) is 6.85. The molecule has 0 bridgehead atoms. The zero-order chi connectivity index (χ0) is 12.0. The molecule has 1 rings (SSSR count). The van der Waals surface area contributed by atoms with Gasteiger partial charge in [-0.05, 0) is 26.9 Å². The number of aryl methyl sites for hydroxylation is 1. The lowest BCUT2D eigenvalue weighted by molar-refractivity contribution is 0.275. The van der Waals surface area contributed by atoms with Crippen molar-refractivity contribution in [3.63, 3.8) is 0 Å². The molecule has 1 aromatic rings. The van der Waals surface area contributed by atoms with Crippen molar-refractivity contribution in [2.24, 2.45) is 0 Å². The number of nitrogens with one attached hydrogen (secondary N) is 1. The van der Waals surface area contributed by atoms with E-state index in [-0.39, 0.29) is 12.4 Å². The Hall–Kier alpha value is -0.160. The summed E-state index contributed by atoms with van der Waals surface area (Å²) < 4.78 is 0. The van der Waals surface area contributed by atoms with E-state index in [4.69, 9.17) is 0 Å². The van der Waals surface area contributed by atoms with Gasteiger partial charge >= 0.3 is 0 Å². The highest BCUT2D eigenvalue weighted by Crippen LogP contribution is 2.09. The molecule has 0 aliphatic rings. The second kappa shape index (κ2) is 8.86. The fourth-order valence-electron chi connectivity index (χ4n) is 1.65. The van der Waals surface area contributed by atoms with E-state index in [1.165, 1.54) is 17.1 Å². The van der Waals surface area contributed by atoms with Crippen LogP contribution in [-0.2, 0) is 13.0 Å². The molecule has 0 amide bonds. The molecule has 0 aliphatic carbocycles. The molecular formula is C12H24ClN3S. The van der Waals surface area contributed by atoms with Crippen molar-refractivity contribution in [2.45, 2.75) is 39.3 Å². The van der Waals surface area contributed by atoms with Gasteiger partial charge in [-0.3, -0.25) is 0 Å². The second-order valence-corrected chi connectivity index (χ2v) is 5.19. The van der Waals surface area contributed by atoms with Crippen LogP contribution in [0.15, 0.2) is 5.38 Å². The van der Waals surface area contributed by atoms with Gasteiger partial charge in [-0.25, -0.2) is 4.98 Å². The van der Waals surface area contributed by atoms with Crippen molar-refractivity contribution in [1.82, 2.24) is 15.2 Å². The molecule has 17 heavy (non-hydrogen) atoms. The Morgan fingerprint density at radius 2 is 2.12 bits per heavy atom. The molecule has 0 radical (unpaired) electrons. The van der Waals surface area contributed by atoms with Crippen molar-refractivity contribution < 1.29 is 0 Å². The maximum Gasteiger partial charge on any atom is 0.0926 e. The van der Waals surface area contributed by atoms with E-state index in [0.29, 0.717) is 6.04 Å². The minimum Gasteiger partial charge on any atom is -0.310 e. The SMILES string of the molecule is CCc1nc(CNCC(CC)N(C)C)cs1.Cl. The highest BCUT2D eigenvalue weighted by atomic mass is 35.5. The lowest BCUT2D eigenvalue weighted by Gasteiger charge is -2.22. The Labute approximate surface area is 115 Å². The maximum absolute atomic E-state index is 4.54. The molecule has 1 N–H and O–H groups in total. The molecule has 0 fully saturated rings. The van der Waals surface area contributed by atoms with Crippen LogP contribution in [0.4, 0.5) is 0 Å². The number of rotatable bonds is 7. The third kappa shape index (κ3) is 5.82. The third-order valence-corrected chi connectivity index (χ3v) is 3.83. The zero-order valence-corrected chi connectivity index (χ0v) is 12.8. The van der Waals surface area contributed by atoms with Gasteiger partial charge in [0.1, 0.15) is 0 Å². The molecule has 0 saturated carbocycles. The lowest BCUT2D eigenvalue weighted by Crippen LogP contribution is -2.37. The summed E-state index contributed by atoms with van der Waals surface area (Å²) in [4.78, 5) is 6.81. The number of likely N-dealkylation sites (N-methyl/N-ethyl adjacent to an activating group) is 1. The van der Waals surface area contributed by atoms with E-state index in [2.05, 4.69) is 48.5 Å². The Morgan fingerprint density at radius 1 is 1.41 bits per heavy atom. The highest BCUT2D eigenvalue weighted by molar-refractivity contribution is 7.09. The van der Waals surface area contributed by atoms with Crippen LogP contribution >= 0.6 is 23.7 Å². The summed E-state index contributed by atoms with van der Waals surface area (Å²) >= 11 is 1.76. The molecule has 0 aliphatic heterocycles. The normalized spacial score (nSPS) is 12.5. The lowest BCUT2D eigenvalue weighted by atomic mass is 10.2. The Kier molecular flexibility index (Phi) is 8.78. The molecule has 0 aromatic carbocycles. The van der Waals surface area contributed by atoms with E-state index in [1.807, 2.05) is 0 Å². The molecule has 1 unspecified atom stereocenters. The first kappa shape index (κ1) is 16.8. The van der Waals surface area contributed by atoms with Crippen molar-refractivity contribution in [1.29, 1.82) is 0 Å². The number of hydrogen-bond donors (Lipinski definition) is 1. The van der Waals surface area contributed by atoms with Crippen LogP contribution in [0.1, 0.15) is 31.0 Å². The van der Waals surface area contributed by atoms with Gasteiger partial charge in [0.25, 0.3) is 0 Å². The number of thiazole rings is 1. The molecular weight excluding hydrogens is 254 g/mol. The highest BCUT2D eigenvalue weighted by Gasteiger charge is 2.08. The van der Waals surface area contributed by atoms with Crippen LogP contribution in [0.2, 0.25) is 0 Å². The number of aromatic nitrogens is 1. The van der Waals surface area contributed by atoms with Crippen LogP contribution in [0.25, 0.3) is 0 Å². The van der Waals surface area contributed by atoms with Gasteiger partial charge < -0.3 is 10.2 Å². The fraction of sp³-hybridized carbons (Fsp3) is 0.750. The predicted molar refractivity (Wildman–Crippen MR) is 78.2 cm³/mol. The molecule has 1 atom stereocenters. The summed E-state index contributed by atoms with van der Waals surface area (Å²) in [7, 11) is 4.27. The minimum atomic E-state index is 0. The van der Waals surface area contributed by atoms with Gasteiger partial charge in [-0.2, -0.15) is 0 Å². The largest absolute Gasteiger partial charge is 0.310 e. The van der Waals surface area contributed by atoms with E-state index in [0.717, 1.165) is 19.5 Å². The molecule has 5 heteroatoms. The summed E-state index contributed by atoms with van der Waals surface area (Å²) in [5.74, 6) is 0. The van der Waals surface area contributed by atoms with Crippen LogP contribution in [0.5, 0.6) is 0 Å². The summed E-state index contributed by atoms with van der Waals surface area (Å²) in [5, 5.41) is 6.86. The maximum atomic E-state index is 4.54. The summed E-state index contributed by atoms with van der Waals surface area (Å²) in [5.41, 5.74) is 1.18. The standard InChI is InChI=1S/C12H23N3S.ClH/c1-5-11(15(3)4)8-13-7-10-9-16-12(6-2)14-10;/h9,11,13H,5-8H2,1-4H3;1H. The van der Waals surface area contributed by atoms with Gasteiger partial charge in [0.15, 0.2) is 0 Å². The van der Waals surface area contributed by atoms with Crippen molar-refractivity contribution in [3.8, 4) is 0 Å². The minimum absolute atomic E-state index is 0.